The fraction of sp³-hybridized carbons (Fsp3) is 0.846. The summed E-state index contributed by atoms with van der Waals surface area (Å²) in [4.78, 5) is 0. The molecule has 15 heavy (non-hydrogen) atoms. The zero-order valence-corrected chi connectivity index (χ0v) is 10.8. The summed E-state index contributed by atoms with van der Waals surface area (Å²) in [5.74, 6) is 0.700. The number of nitrogens with one attached hydrogen (secondary N) is 1. The lowest BCUT2D eigenvalue weighted by Crippen LogP contribution is -2.21. The standard InChI is InChI=1S/C13H27NO/c1-6-7-14-9-12(4)10-15-13(5)8-11(2)3/h11,13-14H,4,6-10H2,1-3,5H3. The van der Waals surface area contributed by atoms with E-state index in [4.69, 9.17) is 4.74 Å². The summed E-state index contributed by atoms with van der Waals surface area (Å²) in [7, 11) is 0. The first-order valence-corrected chi connectivity index (χ1v) is 6.05. The molecule has 0 spiro atoms. The Morgan fingerprint density at radius 3 is 2.53 bits per heavy atom. The Bertz CT molecular complexity index is 166. The van der Waals surface area contributed by atoms with Gasteiger partial charge in [0.2, 0.25) is 0 Å². The van der Waals surface area contributed by atoms with Crippen LogP contribution in [0.5, 0.6) is 0 Å². The average Bonchev–Trinajstić information content (AvgIpc) is 2.14. The lowest BCUT2D eigenvalue weighted by atomic mass is 10.1. The summed E-state index contributed by atoms with van der Waals surface area (Å²) in [5.41, 5.74) is 1.14. The molecule has 1 atom stereocenters. The van der Waals surface area contributed by atoms with E-state index < -0.39 is 0 Å². The third-order valence-electron chi connectivity index (χ3n) is 2.18. The Balaban J connectivity index is 3.44. The average molecular weight is 213 g/mol. The molecule has 0 bridgehead atoms. The molecule has 0 aromatic rings. The Morgan fingerprint density at radius 2 is 2.00 bits per heavy atom. The van der Waals surface area contributed by atoms with Gasteiger partial charge < -0.3 is 10.1 Å². The molecular weight excluding hydrogens is 186 g/mol. The summed E-state index contributed by atoms with van der Waals surface area (Å²) < 4.78 is 5.71. The van der Waals surface area contributed by atoms with Crippen LogP contribution < -0.4 is 5.32 Å². The quantitative estimate of drug-likeness (QED) is 0.469. The first-order chi connectivity index (χ1) is 7.06. The van der Waals surface area contributed by atoms with Gasteiger partial charge in [-0.2, -0.15) is 0 Å². The van der Waals surface area contributed by atoms with Crippen LogP contribution in [0.25, 0.3) is 0 Å². The van der Waals surface area contributed by atoms with Crippen LogP contribution in [-0.4, -0.2) is 25.8 Å². The highest BCUT2D eigenvalue weighted by Gasteiger charge is 2.05. The number of rotatable bonds is 9. The van der Waals surface area contributed by atoms with Gasteiger partial charge in [-0.05, 0) is 37.8 Å². The van der Waals surface area contributed by atoms with Crippen molar-refractivity contribution in [1.29, 1.82) is 0 Å². The van der Waals surface area contributed by atoms with Crippen LogP contribution in [0.2, 0.25) is 0 Å². The van der Waals surface area contributed by atoms with Crippen LogP contribution in [0.3, 0.4) is 0 Å². The summed E-state index contributed by atoms with van der Waals surface area (Å²) in [5, 5.41) is 3.32. The fourth-order valence-corrected chi connectivity index (χ4v) is 1.48. The molecule has 0 aromatic carbocycles. The number of ether oxygens (including phenoxy) is 1. The molecule has 0 aromatic heterocycles. The summed E-state index contributed by atoms with van der Waals surface area (Å²) in [6.07, 6.45) is 2.63. The highest BCUT2D eigenvalue weighted by atomic mass is 16.5. The van der Waals surface area contributed by atoms with Gasteiger partial charge in [-0.15, -0.1) is 0 Å². The zero-order valence-electron chi connectivity index (χ0n) is 10.8. The van der Waals surface area contributed by atoms with Gasteiger partial charge in [0.15, 0.2) is 0 Å². The smallest absolute Gasteiger partial charge is 0.0690 e. The van der Waals surface area contributed by atoms with Crippen LogP contribution in [-0.2, 0) is 4.74 Å². The highest BCUT2D eigenvalue weighted by molar-refractivity contribution is 4.96. The van der Waals surface area contributed by atoms with Gasteiger partial charge in [0.05, 0.1) is 12.7 Å². The minimum absolute atomic E-state index is 0.341. The molecule has 2 heteroatoms. The van der Waals surface area contributed by atoms with E-state index in [-0.39, 0.29) is 0 Å². The van der Waals surface area contributed by atoms with Gasteiger partial charge in [-0.25, -0.2) is 0 Å². The number of hydrogen-bond donors (Lipinski definition) is 1. The van der Waals surface area contributed by atoms with Gasteiger partial charge >= 0.3 is 0 Å². The Kier molecular flexibility index (Phi) is 8.73. The first kappa shape index (κ1) is 14.7. The maximum atomic E-state index is 5.71. The van der Waals surface area contributed by atoms with Crippen molar-refractivity contribution in [3.63, 3.8) is 0 Å². The van der Waals surface area contributed by atoms with Crippen LogP contribution in [0.1, 0.15) is 40.5 Å². The van der Waals surface area contributed by atoms with Crippen molar-refractivity contribution in [3.05, 3.63) is 12.2 Å². The normalized spacial score (nSPS) is 13.1. The van der Waals surface area contributed by atoms with Gasteiger partial charge in [0.25, 0.3) is 0 Å². The zero-order chi connectivity index (χ0) is 11.7. The SMILES string of the molecule is C=C(CNCCC)COC(C)CC(C)C. The minimum atomic E-state index is 0.341. The van der Waals surface area contributed by atoms with Crippen LogP contribution >= 0.6 is 0 Å². The third-order valence-corrected chi connectivity index (χ3v) is 2.18. The molecule has 1 N–H and O–H groups in total. The number of hydrogen-bond acceptors (Lipinski definition) is 2. The van der Waals surface area contributed by atoms with Gasteiger partial charge in [-0.3, -0.25) is 0 Å². The highest BCUT2D eigenvalue weighted by Crippen LogP contribution is 2.08. The molecule has 0 saturated carbocycles. The van der Waals surface area contributed by atoms with Crippen molar-refractivity contribution in [2.45, 2.75) is 46.6 Å². The molecular formula is C13H27NO. The third kappa shape index (κ3) is 9.95. The van der Waals surface area contributed by atoms with Gasteiger partial charge in [0.1, 0.15) is 0 Å². The monoisotopic (exact) mass is 213 g/mol. The molecule has 1 unspecified atom stereocenters. The second-order valence-corrected chi connectivity index (χ2v) is 4.68. The molecule has 0 fully saturated rings. The molecule has 0 saturated heterocycles. The van der Waals surface area contributed by atoms with Gasteiger partial charge in [0, 0.05) is 6.54 Å². The molecule has 0 radical (unpaired) electrons. The van der Waals surface area contributed by atoms with E-state index >= 15 is 0 Å². The summed E-state index contributed by atoms with van der Waals surface area (Å²) in [6.45, 7) is 15.3. The predicted octanol–water partition coefficient (Wildman–Crippen LogP) is 2.99. The summed E-state index contributed by atoms with van der Waals surface area (Å²) >= 11 is 0. The second kappa shape index (κ2) is 8.93. The van der Waals surface area contributed by atoms with E-state index in [0.717, 1.165) is 31.5 Å². The van der Waals surface area contributed by atoms with Crippen molar-refractivity contribution in [2.75, 3.05) is 19.7 Å². The maximum absolute atomic E-state index is 5.71. The molecule has 0 amide bonds. The molecule has 0 aliphatic carbocycles. The second-order valence-electron chi connectivity index (χ2n) is 4.68. The van der Waals surface area contributed by atoms with E-state index in [9.17, 15) is 0 Å². The van der Waals surface area contributed by atoms with E-state index in [1.54, 1.807) is 0 Å². The molecule has 0 aliphatic heterocycles. The topological polar surface area (TPSA) is 21.3 Å². The van der Waals surface area contributed by atoms with E-state index in [1.807, 2.05) is 0 Å². The minimum Gasteiger partial charge on any atom is -0.374 e. The van der Waals surface area contributed by atoms with Crippen molar-refractivity contribution < 1.29 is 4.74 Å². The fourth-order valence-electron chi connectivity index (χ4n) is 1.48. The van der Waals surface area contributed by atoms with Crippen molar-refractivity contribution in [3.8, 4) is 0 Å². The molecule has 90 valence electrons. The van der Waals surface area contributed by atoms with Crippen molar-refractivity contribution in [2.24, 2.45) is 5.92 Å². The van der Waals surface area contributed by atoms with Crippen LogP contribution in [0.15, 0.2) is 12.2 Å². The maximum Gasteiger partial charge on any atom is 0.0690 e. The molecule has 0 heterocycles. The Morgan fingerprint density at radius 1 is 1.33 bits per heavy atom. The van der Waals surface area contributed by atoms with Crippen molar-refractivity contribution in [1.82, 2.24) is 5.32 Å². The first-order valence-electron chi connectivity index (χ1n) is 6.05. The lowest BCUT2D eigenvalue weighted by molar-refractivity contribution is 0.0673. The summed E-state index contributed by atoms with van der Waals surface area (Å²) in [6, 6.07) is 0. The molecule has 0 rings (SSSR count). The van der Waals surface area contributed by atoms with E-state index in [0.29, 0.717) is 18.6 Å². The Labute approximate surface area is 95.1 Å². The molecule has 0 aliphatic rings. The van der Waals surface area contributed by atoms with E-state index in [1.165, 1.54) is 0 Å². The van der Waals surface area contributed by atoms with Crippen molar-refractivity contribution >= 4 is 0 Å². The Hall–Kier alpha value is -0.340. The molecule has 2 nitrogen and oxygen atoms in total. The van der Waals surface area contributed by atoms with Crippen LogP contribution in [0.4, 0.5) is 0 Å². The van der Waals surface area contributed by atoms with Gasteiger partial charge in [-0.1, -0.05) is 27.4 Å². The van der Waals surface area contributed by atoms with Crippen LogP contribution in [0, 0.1) is 5.92 Å². The lowest BCUT2D eigenvalue weighted by Gasteiger charge is -2.16. The van der Waals surface area contributed by atoms with E-state index in [2.05, 4.69) is 39.6 Å². The largest absolute Gasteiger partial charge is 0.374 e. The predicted molar refractivity (Wildman–Crippen MR) is 67.2 cm³/mol.